The van der Waals surface area contributed by atoms with Gasteiger partial charge in [-0.1, -0.05) is 0 Å². The van der Waals surface area contributed by atoms with Crippen molar-refractivity contribution in [3.8, 4) is 11.5 Å². The lowest BCUT2D eigenvalue weighted by atomic mass is 10.2. The fourth-order valence-electron chi connectivity index (χ4n) is 1.28. The molecule has 0 aliphatic rings. The van der Waals surface area contributed by atoms with E-state index in [2.05, 4.69) is 30.9 Å². The molecule has 2 aromatic heterocycles. The van der Waals surface area contributed by atoms with Gasteiger partial charge in [0.15, 0.2) is 5.82 Å². The maximum absolute atomic E-state index is 11.6. The van der Waals surface area contributed by atoms with Crippen molar-refractivity contribution in [1.82, 2.24) is 15.0 Å². The quantitative estimate of drug-likeness (QED) is 0.871. The van der Waals surface area contributed by atoms with Crippen LogP contribution in [0.4, 0.5) is 0 Å². The Labute approximate surface area is 101 Å². The molecule has 0 bridgehead atoms. The third kappa shape index (κ3) is 2.04. The van der Waals surface area contributed by atoms with Gasteiger partial charge in [0, 0.05) is 21.9 Å². The summed E-state index contributed by atoms with van der Waals surface area (Å²) in [6.07, 6.45) is 1.67. The standard InChI is InChI=1S/C11H10BrN3O/c1-6-7(2)14-10(15-11(6)16)9-4-3-8(12)5-13-9/h3-5H,1-2H3,(H,14,15,16). The van der Waals surface area contributed by atoms with E-state index in [0.29, 0.717) is 17.1 Å². The Hall–Kier alpha value is -1.49. The number of nitrogens with one attached hydrogen (secondary N) is 1. The van der Waals surface area contributed by atoms with Gasteiger partial charge in [-0.2, -0.15) is 0 Å². The average molecular weight is 280 g/mol. The van der Waals surface area contributed by atoms with Gasteiger partial charge in [0.1, 0.15) is 5.69 Å². The van der Waals surface area contributed by atoms with Crippen molar-refractivity contribution in [2.75, 3.05) is 0 Å². The van der Waals surface area contributed by atoms with Crippen molar-refractivity contribution in [3.63, 3.8) is 0 Å². The molecule has 4 nitrogen and oxygen atoms in total. The number of aromatic nitrogens is 3. The van der Waals surface area contributed by atoms with Crippen LogP contribution in [0, 0.1) is 13.8 Å². The Kier molecular flexibility index (Phi) is 2.87. The van der Waals surface area contributed by atoms with Crippen LogP contribution in [0.3, 0.4) is 0 Å². The minimum Gasteiger partial charge on any atom is -0.305 e. The maximum atomic E-state index is 11.6. The second-order valence-electron chi connectivity index (χ2n) is 3.49. The minimum absolute atomic E-state index is 0.118. The summed E-state index contributed by atoms with van der Waals surface area (Å²) >= 11 is 3.30. The summed E-state index contributed by atoms with van der Waals surface area (Å²) < 4.78 is 0.891. The number of nitrogens with zero attached hydrogens (tertiary/aromatic N) is 2. The van der Waals surface area contributed by atoms with Gasteiger partial charge in [-0.05, 0) is 41.9 Å². The molecular weight excluding hydrogens is 270 g/mol. The molecule has 0 amide bonds. The van der Waals surface area contributed by atoms with Crippen molar-refractivity contribution in [3.05, 3.63) is 44.4 Å². The summed E-state index contributed by atoms with van der Waals surface area (Å²) in [5.74, 6) is 0.501. The van der Waals surface area contributed by atoms with E-state index in [-0.39, 0.29) is 5.56 Å². The molecule has 0 atom stereocenters. The van der Waals surface area contributed by atoms with E-state index in [4.69, 9.17) is 0 Å². The number of rotatable bonds is 1. The molecule has 2 aromatic rings. The minimum atomic E-state index is -0.118. The van der Waals surface area contributed by atoms with E-state index in [0.717, 1.165) is 10.2 Å². The highest BCUT2D eigenvalue weighted by Gasteiger charge is 2.06. The van der Waals surface area contributed by atoms with E-state index in [9.17, 15) is 4.79 Å². The maximum Gasteiger partial charge on any atom is 0.254 e. The lowest BCUT2D eigenvalue weighted by Gasteiger charge is -2.03. The molecule has 1 N–H and O–H groups in total. The van der Waals surface area contributed by atoms with Crippen LogP contribution >= 0.6 is 15.9 Å². The second-order valence-corrected chi connectivity index (χ2v) is 4.40. The molecule has 0 unspecified atom stereocenters. The highest BCUT2D eigenvalue weighted by molar-refractivity contribution is 9.10. The van der Waals surface area contributed by atoms with Crippen LogP contribution in [0.1, 0.15) is 11.3 Å². The lowest BCUT2D eigenvalue weighted by molar-refractivity contribution is 1.02. The van der Waals surface area contributed by atoms with Crippen LogP contribution in [0.15, 0.2) is 27.6 Å². The topological polar surface area (TPSA) is 58.6 Å². The summed E-state index contributed by atoms with van der Waals surface area (Å²) in [4.78, 5) is 22.8. The summed E-state index contributed by atoms with van der Waals surface area (Å²) in [5.41, 5.74) is 1.90. The Morgan fingerprint density at radius 1 is 1.31 bits per heavy atom. The molecule has 0 radical (unpaired) electrons. The highest BCUT2D eigenvalue weighted by atomic mass is 79.9. The monoisotopic (exact) mass is 279 g/mol. The van der Waals surface area contributed by atoms with Crippen molar-refractivity contribution in [2.24, 2.45) is 0 Å². The van der Waals surface area contributed by atoms with Crippen molar-refractivity contribution in [1.29, 1.82) is 0 Å². The lowest BCUT2D eigenvalue weighted by Crippen LogP contribution is -2.14. The van der Waals surface area contributed by atoms with E-state index >= 15 is 0 Å². The van der Waals surface area contributed by atoms with Gasteiger partial charge < -0.3 is 4.98 Å². The molecule has 2 rings (SSSR count). The Balaban J connectivity index is 2.57. The van der Waals surface area contributed by atoms with Gasteiger partial charge in [-0.3, -0.25) is 9.78 Å². The molecule has 82 valence electrons. The first-order valence-electron chi connectivity index (χ1n) is 4.77. The van der Waals surface area contributed by atoms with E-state index in [1.807, 2.05) is 13.0 Å². The van der Waals surface area contributed by atoms with E-state index in [1.165, 1.54) is 0 Å². The van der Waals surface area contributed by atoms with Gasteiger partial charge in [0.2, 0.25) is 0 Å². The zero-order valence-corrected chi connectivity index (χ0v) is 10.5. The van der Waals surface area contributed by atoms with Gasteiger partial charge in [0.25, 0.3) is 5.56 Å². The normalized spacial score (nSPS) is 10.4. The first-order chi connectivity index (χ1) is 7.58. The largest absolute Gasteiger partial charge is 0.305 e. The molecule has 0 aliphatic carbocycles. The molecule has 0 aromatic carbocycles. The first kappa shape index (κ1) is 11.0. The predicted octanol–water partition coefficient (Wildman–Crippen LogP) is 2.21. The number of pyridine rings is 1. The fourth-order valence-corrected chi connectivity index (χ4v) is 1.52. The zero-order valence-electron chi connectivity index (χ0n) is 8.91. The van der Waals surface area contributed by atoms with Crippen molar-refractivity contribution < 1.29 is 0 Å². The predicted molar refractivity (Wildman–Crippen MR) is 65.3 cm³/mol. The molecular formula is C11H10BrN3O. The number of halogens is 1. The summed E-state index contributed by atoms with van der Waals surface area (Å²) in [7, 11) is 0. The summed E-state index contributed by atoms with van der Waals surface area (Å²) in [6, 6.07) is 3.66. The van der Waals surface area contributed by atoms with E-state index < -0.39 is 0 Å². The van der Waals surface area contributed by atoms with Crippen LogP contribution < -0.4 is 5.56 Å². The molecule has 0 saturated heterocycles. The SMILES string of the molecule is Cc1nc(-c2ccc(Br)cn2)[nH]c(=O)c1C. The Bertz CT molecular complexity index is 575. The third-order valence-corrected chi connectivity index (χ3v) is 2.83. The zero-order chi connectivity index (χ0) is 11.7. The molecule has 0 aliphatic heterocycles. The molecule has 0 spiro atoms. The van der Waals surface area contributed by atoms with Crippen LogP contribution in [0.2, 0.25) is 0 Å². The molecule has 16 heavy (non-hydrogen) atoms. The Morgan fingerprint density at radius 2 is 2.06 bits per heavy atom. The number of aromatic amines is 1. The van der Waals surface area contributed by atoms with Crippen molar-refractivity contribution >= 4 is 15.9 Å². The molecule has 0 fully saturated rings. The van der Waals surface area contributed by atoms with Crippen LogP contribution in [-0.2, 0) is 0 Å². The van der Waals surface area contributed by atoms with Gasteiger partial charge >= 0.3 is 0 Å². The smallest absolute Gasteiger partial charge is 0.254 e. The second kappa shape index (κ2) is 4.17. The van der Waals surface area contributed by atoms with Gasteiger partial charge in [0.05, 0.1) is 0 Å². The number of hydrogen-bond acceptors (Lipinski definition) is 3. The van der Waals surface area contributed by atoms with E-state index in [1.54, 1.807) is 19.2 Å². The third-order valence-electron chi connectivity index (χ3n) is 2.36. The first-order valence-corrected chi connectivity index (χ1v) is 5.56. The number of hydrogen-bond donors (Lipinski definition) is 1. The van der Waals surface area contributed by atoms with Crippen LogP contribution in [0.5, 0.6) is 0 Å². The Morgan fingerprint density at radius 3 is 2.62 bits per heavy atom. The van der Waals surface area contributed by atoms with Gasteiger partial charge in [-0.25, -0.2) is 4.98 Å². The summed E-state index contributed by atoms with van der Waals surface area (Å²) in [5, 5.41) is 0. The highest BCUT2D eigenvalue weighted by Crippen LogP contribution is 2.14. The number of H-pyrrole nitrogens is 1. The number of aryl methyl sites for hydroxylation is 1. The molecule has 0 saturated carbocycles. The van der Waals surface area contributed by atoms with Crippen molar-refractivity contribution in [2.45, 2.75) is 13.8 Å². The molecule has 5 heteroatoms. The van der Waals surface area contributed by atoms with Gasteiger partial charge in [-0.15, -0.1) is 0 Å². The molecule has 2 heterocycles. The average Bonchev–Trinajstić information content (AvgIpc) is 2.26. The summed E-state index contributed by atoms with van der Waals surface area (Å²) in [6.45, 7) is 3.56. The fraction of sp³-hybridized carbons (Fsp3) is 0.182. The van der Waals surface area contributed by atoms with Crippen LogP contribution in [-0.4, -0.2) is 15.0 Å². The van der Waals surface area contributed by atoms with Crippen LogP contribution in [0.25, 0.3) is 11.5 Å².